The van der Waals surface area contributed by atoms with Crippen LogP contribution in [-0.2, 0) is 20.6 Å². The maximum Gasteiger partial charge on any atom is 0.524 e. The van der Waals surface area contributed by atoms with Gasteiger partial charge in [0.2, 0.25) is 5.91 Å². The van der Waals surface area contributed by atoms with Crippen molar-refractivity contribution >= 4 is 19.7 Å². The summed E-state index contributed by atoms with van der Waals surface area (Å²) in [5.74, 6) is -2.36. The number of aliphatic carboxylic acids is 1. The van der Waals surface area contributed by atoms with Crippen LogP contribution in [0.1, 0.15) is 24.8 Å². The monoisotopic (exact) mass is 405 g/mol. The molecule has 1 aromatic rings. The van der Waals surface area contributed by atoms with E-state index in [1.165, 1.54) is 18.2 Å². The zero-order chi connectivity index (χ0) is 20.6. The summed E-state index contributed by atoms with van der Waals surface area (Å²) >= 11 is 0. The number of nitrogens with one attached hydrogen (secondary N) is 1. The molecule has 1 rings (SSSR count). The van der Waals surface area contributed by atoms with Crippen LogP contribution in [0.25, 0.3) is 0 Å². The molecule has 0 unspecified atom stereocenters. The van der Waals surface area contributed by atoms with Gasteiger partial charge in [0, 0.05) is 6.54 Å². The Morgan fingerprint density at radius 3 is 2.41 bits per heavy atom. The molecule has 11 nitrogen and oxygen atoms in total. The number of phosphoric acid groups is 1. The van der Waals surface area contributed by atoms with Crippen LogP contribution in [0.2, 0.25) is 0 Å². The van der Waals surface area contributed by atoms with Crippen LogP contribution in [0.5, 0.6) is 11.5 Å². The Bertz CT molecular complexity index is 708. The number of nitrogens with two attached hydrogens (primary N) is 2. The third kappa shape index (κ3) is 8.85. The summed E-state index contributed by atoms with van der Waals surface area (Å²) in [7, 11) is -4.79. The van der Waals surface area contributed by atoms with E-state index in [9.17, 15) is 19.3 Å². The van der Waals surface area contributed by atoms with E-state index in [2.05, 4.69) is 9.84 Å². The number of phosphoric ester groups is 1. The number of hydrogen-bond acceptors (Lipinski definition) is 7. The van der Waals surface area contributed by atoms with Gasteiger partial charge in [-0.05, 0) is 43.4 Å². The second-order valence-electron chi connectivity index (χ2n) is 5.93. The summed E-state index contributed by atoms with van der Waals surface area (Å²) in [4.78, 5) is 40.0. The zero-order valence-electron chi connectivity index (χ0n) is 14.4. The topological polar surface area (TPSA) is 205 Å². The lowest BCUT2D eigenvalue weighted by molar-refractivity contribution is -0.138. The molecule has 0 spiro atoms. The molecule has 152 valence electrons. The van der Waals surface area contributed by atoms with Gasteiger partial charge in [0.1, 0.15) is 6.04 Å². The predicted octanol–water partition coefficient (Wildman–Crippen LogP) is -0.568. The standard InChI is InChI=1S/C15H24N3O8P/c16-10(15(21)22)3-1-2-6-18-14(20)11(17)7-9-4-5-13(12(19)8-9)26-27(23,24)25/h4-5,8,10-11,19H,1-3,6-7,16-17H2,(H,18,20)(H,21,22)(H2,23,24,25)/t10-,11-/m0/s1. The quantitative estimate of drug-likeness (QED) is 0.184. The van der Waals surface area contributed by atoms with E-state index in [1.807, 2.05) is 0 Å². The van der Waals surface area contributed by atoms with E-state index in [0.29, 0.717) is 31.4 Å². The molecule has 0 aliphatic carbocycles. The van der Waals surface area contributed by atoms with Crippen molar-refractivity contribution in [2.45, 2.75) is 37.8 Å². The Hall–Kier alpha value is -2.17. The van der Waals surface area contributed by atoms with Crippen LogP contribution in [0.4, 0.5) is 0 Å². The van der Waals surface area contributed by atoms with Gasteiger partial charge in [-0.15, -0.1) is 0 Å². The number of carboxylic acid groups (broad SMARTS) is 1. The summed E-state index contributed by atoms with van der Waals surface area (Å²) in [6.07, 6.45) is 1.48. The van der Waals surface area contributed by atoms with E-state index in [4.69, 9.17) is 26.4 Å². The first-order chi connectivity index (χ1) is 12.5. The Kier molecular flexibility index (Phi) is 8.67. The van der Waals surface area contributed by atoms with Crippen LogP contribution in [0.3, 0.4) is 0 Å². The summed E-state index contributed by atoms with van der Waals surface area (Å²) < 4.78 is 15.1. The summed E-state index contributed by atoms with van der Waals surface area (Å²) in [5.41, 5.74) is 11.6. The average Bonchev–Trinajstić information content (AvgIpc) is 2.55. The molecule has 9 N–H and O–H groups in total. The number of unbranched alkanes of at least 4 members (excludes halogenated alkanes) is 1. The van der Waals surface area contributed by atoms with E-state index in [-0.39, 0.29) is 12.2 Å². The molecule has 0 aliphatic rings. The van der Waals surface area contributed by atoms with Crippen LogP contribution >= 0.6 is 7.82 Å². The molecule has 1 amide bonds. The molecule has 1 aromatic carbocycles. The Labute approximate surface area is 155 Å². The van der Waals surface area contributed by atoms with Gasteiger partial charge in [-0.25, -0.2) is 4.57 Å². The number of aromatic hydroxyl groups is 1. The van der Waals surface area contributed by atoms with Gasteiger partial charge in [-0.1, -0.05) is 6.07 Å². The fourth-order valence-electron chi connectivity index (χ4n) is 2.20. The van der Waals surface area contributed by atoms with E-state index < -0.39 is 37.5 Å². The lowest BCUT2D eigenvalue weighted by Crippen LogP contribution is -2.42. The molecule has 0 saturated carbocycles. The maximum absolute atomic E-state index is 11.9. The molecule has 0 bridgehead atoms. The third-order valence-corrected chi connectivity index (χ3v) is 4.03. The number of rotatable bonds is 11. The van der Waals surface area contributed by atoms with Crippen molar-refractivity contribution in [3.05, 3.63) is 23.8 Å². The van der Waals surface area contributed by atoms with Crippen molar-refractivity contribution in [2.24, 2.45) is 11.5 Å². The number of carboxylic acids is 1. The minimum absolute atomic E-state index is 0.0828. The molecule has 0 aliphatic heterocycles. The lowest BCUT2D eigenvalue weighted by atomic mass is 10.1. The molecule has 2 atom stereocenters. The van der Waals surface area contributed by atoms with Crippen molar-refractivity contribution in [3.8, 4) is 11.5 Å². The maximum atomic E-state index is 11.9. The number of amides is 1. The van der Waals surface area contributed by atoms with Crippen molar-refractivity contribution in [2.75, 3.05) is 6.54 Å². The number of benzene rings is 1. The summed E-state index contributed by atoms with van der Waals surface area (Å²) in [6.45, 7) is 0.319. The fourth-order valence-corrected chi connectivity index (χ4v) is 2.61. The lowest BCUT2D eigenvalue weighted by Gasteiger charge is -2.14. The van der Waals surface area contributed by atoms with Gasteiger partial charge in [-0.3, -0.25) is 19.4 Å². The molecule has 0 heterocycles. The molecule has 0 aromatic heterocycles. The van der Waals surface area contributed by atoms with Crippen LogP contribution < -0.4 is 21.3 Å². The van der Waals surface area contributed by atoms with Gasteiger partial charge in [0.05, 0.1) is 6.04 Å². The first-order valence-corrected chi connectivity index (χ1v) is 9.61. The van der Waals surface area contributed by atoms with Crippen LogP contribution in [0, 0.1) is 0 Å². The third-order valence-electron chi connectivity index (χ3n) is 3.59. The largest absolute Gasteiger partial charge is 0.524 e. The average molecular weight is 405 g/mol. The number of phenols is 1. The molecular formula is C15H24N3O8P. The van der Waals surface area contributed by atoms with Crippen molar-refractivity contribution < 1.29 is 38.7 Å². The van der Waals surface area contributed by atoms with Crippen LogP contribution in [-0.4, -0.2) is 50.5 Å². The Morgan fingerprint density at radius 1 is 1.19 bits per heavy atom. The number of carbonyl (C=O) groups is 2. The van der Waals surface area contributed by atoms with Crippen molar-refractivity contribution in [1.82, 2.24) is 5.32 Å². The summed E-state index contributed by atoms with van der Waals surface area (Å²) in [6, 6.07) is 1.96. The minimum Gasteiger partial charge on any atom is -0.504 e. The highest BCUT2D eigenvalue weighted by Gasteiger charge is 2.20. The SMILES string of the molecule is N[C@@H](CCCCNC(=O)[C@@H](N)Cc1ccc(OP(=O)(O)O)c(O)c1)C(=O)O. The van der Waals surface area contributed by atoms with E-state index >= 15 is 0 Å². The zero-order valence-corrected chi connectivity index (χ0v) is 15.3. The Balaban J connectivity index is 2.43. The molecule has 27 heavy (non-hydrogen) atoms. The number of hydrogen-bond donors (Lipinski definition) is 7. The minimum atomic E-state index is -4.79. The van der Waals surface area contributed by atoms with Crippen molar-refractivity contribution in [3.63, 3.8) is 0 Å². The van der Waals surface area contributed by atoms with E-state index in [1.54, 1.807) is 0 Å². The van der Waals surface area contributed by atoms with Gasteiger partial charge < -0.3 is 31.5 Å². The highest BCUT2D eigenvalue weighted by molar-refractivity contribution is 7.46. The van der Waals surface area contributed by atoms with E-state index in [0.717, 1.165) is 0 Å². The second-order valence-corrected chi connectivity index (χ2v) is 7.09. The normalized spacial score (nSPS) is 13.6. The van der Waals surface area contributed by atoms with Gasteiger partial charge in [0.25, 0.3) is 0 Å². The highest BCUT2D eigenvalue weighted by Crippen LogP contribution is 2.41. The fraction of sp³-hybridized carbons (Fsp3) is 0.467. The Morgan fingerprint density at radius 2 is 1.85 bits per heavy atom. The number of phenolic OH excluding ortho intramolecular Hbond substituents is 1. The van der Waals surface area contributed by atoms with Crippen LogP contribution in [0.15, 0.2) is 18.2 Å². The molecule has 0 saturated heterocycles. The number of carbonyl (C=O) groups excluding carboxylic acids is 1. The van der Waals surface area contributed by atoms with Crippen molar-refractivity contribution in [1.29, 1.82) is 0 Å². The molecule has 0 fully saturated rings. The van der Waals surface area contributed by atoms with Gasteiger partial charge in [-0.2, -0.15) is 0 Å². The summed E-state index contributed by atoms with van der Waals surface area (Å²) in [5, 5.41) is 21.0. The van der Waals surface area contributed by atoms with Gasteiger partial charge >= 0.3 is 13.8 Å². The smallest absolute Gasteiger partial charge is 0.504 e. The second kappa shape index (κ2) is 10.2. The van der Waals surface area contributed by atoms with Gasteiger partial charge in [0.15, 0.2) is 11.5 Å². The molecule has 12 heteroatoms. The first kappa shape index (κ1) is 22.9. The first-order valence-electron chi connectivity index (χ1n) is 8.08. The molecular weight excluding hydrogens is 381 g/mol. The molecule has 0 radical (unpaired) electrons. The highest BCUT2D eigenvalue weighted by atomic mass is 31.2. The predicted molar refractivity (Wildman–Crippen MR) is 94.9 cm³/mol.